The number of rotatable bonds is 3. The maximum Gasteiger partial charge on any atom is 0.414 e. The van der Waals surface area contributed by atoms with Crippen molar-refractivity contribution in [2.45, 2.75) is 6.92 Å². The fraction of sp³-hybridized carbons (Fsp3) is 0.182. The lowest BCUT2D eigenvalue weighted by Crippen LogP contribution is -2.12. The van der Waals surface area contributed by atoms with Crippen LogP contribution in [0, 0.1) is 0 Å². The summed E-state index contributed by atoms with van der Waals surface area (Å²) in [7, 11) is 0. The van der Waals surface area contributed by atoms with Gasteiger partial charge in [-0.1, -0.05) is 6.07 Å². The topological polar surface area (TPSA) is 91.9 Å². The Kier molecular flexibility index (Phi) is 3.42. The van der Waals surface area contributed by atoms with Gasteiger partial charge in [0.1, 0.15) is 0 Å². The van der Waals surface area contributed by atoms with Crippen LogP contribution in [0.15, 0.2) is 21.9 Å². The summed E-state index contributed by atoms with van der Waals surface area (Å²) in [5.41, 5.74) is 0. The second-order valence-corrected chi connectivity index (χ2v) is 4.23. The molecule has 96 valence electrons. The summed E-state index contributed by atoms with van der Waals surface area (Å²) in [6, 6.07) is 3.49. The molecule has 0 aliphatic carbocycles. The molecule has 0 radical (unpaired) electrons. The Morgan fingerprint density at radius 1 is 1.50 bits per heavy atom. The second-order valence-electron chi connectivity index (χ2n) is 3.28. The van der Waals surface area contributed by atoms with Gasteiger partial charge >= 0.3 is 6.09 Å². The molecule has 2 heterocycles. The van der Waals surface area contributed by atoms with E-state index in [0.29, 0.717) is 4.88 Å². The number of hydrogen-bond donors (Lipinski definition) is 3. The number of furan rings is 1. The maximum absolute atomic E-state index is 11.2. The van der Waals surface area contributed by atoms with E-state index in [2.05, 4.69) is 10.1 Å². The zero-order valence-electron chi connectivity index (χ0n) is 9.47. The van der Waals surface area contributed by atoms with Crippen LogP contribution in [0.3, 0.4) is 0 Å². The fourth-order valence-electron chi connectivity index (χ4n) is 1.33. The minimum atomic E-state index is -0.765. The summed E-state index contributed by atoms with van der Waals surface area (Å²) in [6.45, 7) is 1.84. The molecule has 0 aliphatic rings. The van der Waals surface area contributed by atoms with E-state index in [0.717, 1.165) is 0 Å². The molecule has 6 nitrogen and oxygen atoms in total. The SMILES string of the molecule is CCOC(=O)Nc1oc(-c2cccs2)c(O)c1O. The Morgan fingerprint density at radius 2 is 2.28 bits per heavy atom. The van der Waals surface area contributed by atoms with Crippen molar-refractivity contribution in [3.05, 3.63) is 17.5 Å². The summed E-state index contributed by atoms with van der Waals surface area (Å²) < 4.78 is 9.85. The molecule has 0 spiro atoms. The Balaban J connectivity index is 2.28. The predicted octanol–water partition coefficient (Wildman–Crippen LogP) is 2.99. The van der Waals surface area contributed by atoms with Crippen molar-refractivity contribution in [3.63, 3.8) is 0 Å². The fourth-order valence-corrected chi connectivity index (χ4v) is 2.04. The van der Waals surface area contributed by atoms with Crippen LogP contribution < -0.4 is 5.32 Å². The standard InChI is InChI=1S/C11H11NO5S/c1-2-16-11(15)12-10-8(14)7(13)9(17-10)6-4-3-5-18-6/h3-5,13-14H,2H2,1H3,(H,12,15). The molecule has 0 aromatic carbocycles. The maximum atomic E-state index is 11.2. The second kappa shape index (κ2) is 5.01. The van der Waals surface area contributed by atoms with Gasteiger partial charge < -0.3 is 19.4 Å². The molecule has 0 unspecified atom stereocenters. The van der Waals surface area contributed by atoms with E-state index in [4.69, 9.17) is 4.42 Å². The first-order valence-electron chi connectivity index (χ1n) is 5.15. The highest BCUT2D eigenvalue weighted by Crippen LogP contribution is 2.46. The molecule has 2 rings (SSSR count). The molecular formula is C11H11NO5S. The van der Waals surface area contributed by atoms with Crippen molar-refractivity contribution < 1.29 is 24.2 Å². The average molecular weight is 269 g/mol. The number of hydrogen-bond acceptors (Lipinski definition) is 6. The molecule has 3 N–H and O–H groups in total. The van der Waals surface area contributed by atoms with Gasteiger partial charge in [0.15, 0.2) is 5.76 Å². The normalized spacial score (nSPS) is 10.3. The van der Waals surface area contributed by atoms with Crippen LogP contribution in [0.1, 0.15) is 6.92 Å². The molecule has 1 amide bonds. The van der Waals surface area contributed by atoms with E-state index in [1.54, 1.807) is 24.4 Å². The molecule has 2 aromatic heterocycles. The van der Waals surface area contributed by atoms with Gasteiger partial charge in [0.25, 0.3) is 0 Å². The highest BCUT2D eigenvalue weighted by atomic mass is 32.1. The van der Waals surface area contributed by atoms with Gasteiger partial charge in [-0.15, -0.1) is 11.3 Å². The number of anilines is 1. The zero-order chi connectivity index (χ0) is 13.1. The minimum Gasteiger partial charge on any atom is -0.502 e. The van der Waals surface area contributed by atoms with E-state index >= 15 is 0 Å². The largest absolute Gasteiger partial charge is 0.502 e. The van der Waals surface area contributed by atoms with Crippen LogP contribution in [0.5, 0.6) is 11.5 Å². The Bertz CT molecular complexity index is 546. The highest BCUT2D eigenvalue weighted by molar-refractivity contribution is 7.13. The van der Waals surface area contributed by atoms with E-state index in [1.807, 2.05) is 0 Å². The third kappa shape index (κ3) is 2.25. The predicted molar refractivity (Wildman–Crippen MR) is 66.0 cm³/mol. The first kappa shape index (κ1) is 12.3. The van der Waals surface area contributed by atoms with E-state index in [9.17, 15) is 15.0 Å². The van der Waals surface area contributed by atoms with Crippen LogP contribution >= 0.6 is 11.3 Å². The van der Waals surface area contributed by atoms with Gasteiger partial charge in [-0.3, -0.25) is 5.32 Å². The van der Waals surface area contributed by atoms with Crippen LogP contribution in [-0.4, -0.2) is 22.9 Å². The lowest BCUT2D eigenvalue weighted by Gasteiger charge is -2.01. The molecule has 7 heteroatoms. The van der Waals surface area contributed by atoms with Gasteiger partial charge in [-0.25, -0.2) is 4.79 Å². The lowest BCUT2D eigenvalue weighted by molar-refractivity contribution is 0.167. The van der Waals surface area contributed by atoms with Gasteiger partial charge in [0.2, 0.25) is 17.4 Å². The third-order valence-electron chi connectivity index (χ3n) is 2.09. The van der Waals surface area contributed by atoms with Crippen LogP contribution in [0.4, 0.5) is 10.7 Å². The monoisotopic (exact) mass is 269 g/mol. The Hall–Kier alpha value is -2.15. The molecule has 18 heavy (non-hydrogen) atoms. The number of ether oxygens (including phenoxy) is 1. The third-order valence-corrected chi connectivity index (χ3v) is 2.96. The van der Waals surface area contributed by atoms with Crippen LogP contribution in [-0.2, 0) is 4.74 Å². The van der Waals surface area contributed by atoms with Crippen LogP contribution in [0.25, 0.3) is 10.6 Å². The van der Waals surface area contributed by atoms with Crippen molar-refractivity contribution in [2.24, 2.45) is 0 Å². The first-order chi connectivity index (χ1) is 8.63. The summed E-state index contributed by atoms with van der Waals surface area (Å²) in [6.07, 6.45) is -0.765. The smallest absolute Gasteiger partial charge is 0.414 e. The van der Waals surface area contributed by atoms with Crippen molar-refractivity contribution in [1.29, 1.82) is 0 Å². The molecule has 0 aliphatic heterocycles. The lowest BCUT2D eigenvalue weighted by atomic mass is 10.3. The number of aromatic hydroxyl groups is 2. The van der Waals surface area contributed by atoms with Crippen molar-refractivity contribution >= 4 is 23.3 Å². The van der Waals surface area contributed by atoms with Crippen molar-refractivity contribution in [2.75, 3.05) is 11.9 Å². The summed E-state index contributed by atoms with van der Waals surface area (Å²) in [4.78, 5) is 11.8. The number of carbonyl (C=O) groups is 1. The van der Waals surface area contributed by atoms with E-state index < -0.39 is 17.6 Å². The Morgan fingerprint density at radius 3 is 2.89 bits per heavy atom. The molecular weight excluding hydrogens is 258 g/mol. The molecule has 0 fully saturated rings. The average Bonchev–Trinajstić information content (AvgIpc) is 2.93. The number of nitrogens with one attached hydrogen (secondary N) is 1. The molecule has 0 atom stereocenters. The number of amides is 1. The van der Waals surface area contributed by atoms with Crippen molar-refractivity contribution in [1.82, 2.24) is 0 Å². The van der Waals surface area contributed by atoms with Gasteiger partial charge in [0.05, 0.1) is 11.5 Å². The highest BCUT2D eigenvalue weighted by Gasteiger charge is 2.22. The van der Waals surface area contributed by atoms with Crippen molar-refractivity contribution in [3.8, 4) is 22.1 Å². The quantitative estimate of drug-likeness (QED) is 0.796. The number of carbonyl (C=O) groups excluding carboxylic acids is 1. The zero-order valence-corrected chi connectivity index (χ0v) is 10.3. The molecule has 2 aromatic rings. The molecule has 0 bridgehead atoms. The Labute approximate surface area is 106 Å². The molecule has 0 saturated heterocycles. The molecule has 0 saturated carbocycles. The summed E-state index contributed by atoms with van der Waals surface area (Å²) in [5, 5.41) is 23.3. The van der Waals surface area contributed by atoms with Gasteiger partial charge in [-0.05, 0) is 18.4 Å². The first-order valence-corrected chi connectivity index (χ1v) is 6.03. The summed E-state index contributed by atoms with van der Waals surface area (Å²) >= 11 is 1.33. The minimum absolute atomic E-state index is 0.106. The van der Waals surface area contributed by atoms with Gasteiger partial charge in [-0.2, -0.15) is 0 Å². The summed E-state index contributed by atoms with van der Waals surface area (Å²) in [5.74, 6) is -1.07. The van der Waals surface area contributed by atoms with E-state index in [-0.39, 0.29) is 18.3 Å². The van der Waals surface area contributed by atoms with E-state index in [1.165, 1.54) is 11.3 Å². The van der Waals surface area contributed by atoms with Gasteiger partial charge in [0, 0.05) is 0 Å². The number of thiophene rings is 1. The van der Waals surface area contributed by atoms with Crippen LogP contribution in [0.2, 0.25) is 0 Å².